The van der Waals surface area contributed by atoms with Crippen LogP contribution in [0.25, 0.3) is 0 Å². The lowest BCUT2D eigenvalue weighted by molar-refractivity contribution is 0.0696. The van der Waals surface area contributed by atoms with Gasteiger partial charge in [-0.15, -0.1) is 0 Å². The molecule has 0 aromatic heterocycles. The molecule has 0 spiro atoms. The molecule has 6 heteroatoms. The molecular formula is C15H21NO4S. The van der Waals surface area contributed by atoms with E-state index in [9.17, 15) is 13.2 Å². The molecule has 2 N–H and O–H groups in total. The fourth-order valence-corrected chi connectivity index (χ4v) is 4.22. The van der Waals surface area contributed by atoms with E-state index in [4.69, 9.17) is 5.11 Å². The summed E-state index contributed by atoms with van der Waals surface area (Å²) in [6.07, 6.45) is 2.95. The summed E-state index contributed by atoms with van der Waals surface area (Å²) in [5, 5.41) is 8.96. The van der Waals surface area contributed by atoms with Crippen molar-refractivity contribution in [2.24, 2.45) is 11.8 Å². The van der Waals surface area contributed by atoms with Gasteiger partial charge in [0.25, 0.3) is 0 Å². The molecule has 0 unspecified atom stereocenters. The van der Waals surface area contributed by atoms with Gasteiger partial charge in [-0.2, -0.15) is 0 Å². The number of aromatic carboxylic acids is 1. The Hall–Kier alpha value is -1.40. The second-order valence-electron chi connectivity index (χ2n) is 5.83. The van der Waals surface area contributed by atoms with E-state index in [2.05, 4.69) is 18.6 Å². The number of nitrogens with one attached hydrogen (secondary N) is 1. The fraction of sp³-hybridized carbons (Fsp3) is 0.533. The summed E-state index contributed by atoms with van der Waals surface area (Å²) in [7, 11) is -3.69. The van der Waals surface area contributed by atoms with E-state index in [1.54, 1.807) is 0 Å². The van der Waals surface area contributed by atoms with E-state index >= 15 is 0 Å². The molecule has 0 amide bonds. The van der Waals surface area contributed by atoms with Gasteiger partial charge in [0.05, 0.1) is 10.5 Å². The third-order valence-electron chi connectivity index (χ3n) is 4.40. The van der Waals surface area contributed by atoms with E-state index < -0.39 is 16.0 Å². The Labute approximate surface area is 125 Å². The molecule has 1 saturated carbocycles. The minimum atomic E-state index is -3.69. The number of rotatable bonds is 4. The third-order valence-corrected chi connectivity index (χ3v) is 5.89. The second kappa shape index (κ2) is 6.15. The van der Waals surface area contributed by atoms with E-state index in [-0.39, 0.29) is 22.4 Å². The zero-order valence-corrected chi connectivity index (χ0v) is 13.1. The quantitative estimate of drug-likeness (QED) is 0.895. The van der Waals surface area contributed by atoms with Crippen LogP contribution in [0, 0.1) is 11.8 Å². The number of carboxylic acids is 1. The Kier molecular flexibility index (Phi) is 4.68. The van der Waals surface area contributed by atoms with Crippen LogP contribution in [0.5, 0.6) is 0 Å². The van der Waals surface area contributed by atoms with Crippen molar-refractivity contribution in [1.29, 1.82) is 0 Å². The van der Waals surface area contributed by atoms with Crippen LogP contribution < -0.4 is 4.72 Å². The molecule has 116 valence electrons. The average Bonchev–Trinajstić information content (AvgIpc) is 2.44. The molecule has 0 bridgehead atoms. The van der Waals surface area contributed by atoms with Crippen molar-refractivity contribution in [3.63, 3.8) is 0 Å². The Bertz CT molecular complexity index is 626. The summed E-state index contributed by atoms with van der Waals surface area (Å²) in [5.74, 6) is -0.375. The normalized spacial score (nSPS) is 26.5. The van der Waals surface area contributed by atoms with Gasteiger partial charge in [-0.25, -0.2) is 17.9 Å². The van der Waals surface area contributed by atoms with Crippen LogP contribution in [0.2, 0.25) is 0 Å². The number of carbonyl (C=O) groups is 1. The highest BCUT2D eigenvalue weighted by Gasteiger charge is 2.30. The van der Waals surface area contributed by atoms with Gasteiger partial charge >= 0.3 is 5.97 Å². The van der Waals surface area contributed by atoms with Crippen molar-refractivity contribution in [2.45, 2.75) is 44.0 Å². The van der Waals surface area contributed by atoms with Crippen LogP contribution in [0.1, 0.15) is 43.5 Å². The maximum absolute atomic E-state index is 12.4. The van der Waals surface area contributed by atoms with Crippen molar-refractivity contribution in [3.8, 4) is 0 Å². The van der Waals surface area contributed by atoms with Gasteiger partial charge < -0.3 is 5.11 Å². The monoisotopic (exact) mass is 311 g/mol. The van der Waals surface area contributed by atoms with E-state index in [1.165, 1.54) is 24.3 Å². The zero-order chi connectivity index (χ0) is 15.6. The maximum atomic E-state index is 12.4. The Morgan fingerprint density at radius 1 is 1.29 bits per heavy atom. The molecule has 1 aliphatic carbocycles. The van der Waals surface area contributed by atoms with Crippen LogP contribution in [-0.4, -0.2) is 25.5 Å². The first-order chi connectivity index (χ1) is 9.81. The molecule has 0 heterocycles. The summed E-state index contributed by atoms with van der Waals surface area (Å²) >= 11 is 0. The summed E-state index contributed by atoms with van der Waals surface area (Å²) in [4.78, 5) is 11.0. The van der Waals surface area contributed by atoms with Crippen molar-refractivity contribution in [1.82, 2.24) is 4.72 Å². The van der Waals surface area contributed by atoms with E-state index in [1.807, 2.05) is 0 Å². The highest BCUT2D eigenvalue weighted by molar-refractivity contribution is 7.89. The summed E-state index contributed by atoms with van der Waals surface area (Å²) in [6, 6.07) is 5.36. The van der Waals surface area contributed by atoms with Gasteiger partial charge in [0.15, 0.2) is 0 Å². The summed E-state index contributed by atoms with van der Waals surface area (Å²) < 4.78 is 27.6. The second-order valence-corrected chi connectivity index (χ2v) is 7.54. The first-order valence-corrected chi connectivity index (χ1v) is 8.65. The summed E-state index contributed by atoms with van der Waals surface area (Å²) in [5.41, 5.74) is -0.0251. The number of hydrogen-bond donors (Lipinski definition) is 2. The lowest BCUT2D eigenvalue weighted by Gasteiger charge is -2.34. The highest BCUT2D eigenvalue weighted by atomic mass is 32.2. The van der Waals surface area contributed by atoms with Crippen molar-refractivity contribution in [2.75, 3.05) is 0 Å². The van der Waals surface area contributed by atoms with Crippen LogP contribution in [0.15, 0.2) is 29.2 Å². The third kappa shape index (κ3) is 3.63. The molecule has 1 aliphatic rings. The van der Waals surface area contributed by atoms with Gasteiger partial charge in [-0.1, -0.05) is 32.8 Å². The van der Waals surface area contributed by atoms with Crippen molar-refractivity contribution < 1.29 is 18.3 Å². The molecule has 0 radical (unpaired) electrons. The Morgan fingerprint density at radius 2 is 2.00 bits per heavy atom. The molecule has 5 nitrogen and oxygen atoms in total. The molecule has 21 heavy (non-hydrogen) atoms. The molecule has 0 aliphatic heterocycles. The van der Waals surface area contributed by atoms with Crippen molar-refractivity contribution >= 4 is 16.0 Å². The Balaban J connectivity index is 2.22. The van der Waals surface area contributed by atoms with E-state index in [0.29, 0.717) is 5.92 Å². The molecule has 1 aromatic carbocycles. The smallest absolute Gasteiger partial charge is 0.335 e. The number of benzene rings is 1. The lowest BCUT2D eigenvalue weighted by Crippen LogP contribution is -2.43. The number of sulfonamides is 1. The van der Waals surface area contributed by atoms with Crippen LogP contribution in [0.3, 0.4) is 0 Å². The molecule has 2 rings (SSSR count). The molecule has 3 atom stereocenters. The predicted octanol–water partition coefficient (Wildman–Crippen LogP) is 2.49. The first kappa shape index (κ1) is 16.0. The summed E-state index contributed by atoms with van der Waals surface area (Å²) in [6.45, 7) is 4.20. The van der Waals surface area contributed by atoms with E-state index in [0.717, 1.165) is 19.3 Å². The predicted molar refractivity (Wildman–Crippen MR) is 79.7 cm³/mol. The first-order valence-electron chi connectivity index (χ1n) is 7.17. The van der Waals surface area contributed by atoms with Crippen LogP contribution in [0.4, 0.5) is 0 Å². The van der Waals surface area contributed by atoms with Gasteiger partial charge in [-0.05, 0) is 36.5 Å². The van der Waals surface area contributed by atoms with Gasteiger partial charge in [0.2, 0.25) is 10.0 Å². The zero-order valence-electron chi connectivity index (χ0n) is 12.2. The van der Waals surface area contributed by atoms with Gasteiger partial charge in [0.1, 0.15) is 0 Å². The minimum Gasteiger partial charge on any atom is -0.478 e. The molecule has 1 fully saturated rings. The topological polar surface area (TPSA) is 83.5 Å². The lowest BCUT2D eigenvalue weighted by atomic mass is 9.78. The van der Waals surface area contributed by atoms with Crippen molar-refractivity contribution in [3.05, 3.63) is 29.8 Å². The molecule has 0 saturated heterocycles. The number of carboxylic acid groups (broad SMARTS) is 1. The largest absolute Gasteiger partial charge is 0.478 e. The average molecular weight is 311 g/mol. The maximum Gasteiger partial charge on any atom is 0.335 e. The van der Waals surface area contributed by atoms with Gasteiger partial charge in [-0.3, -0.25) is 0 Å². The van der Waals surface area contributed by atoms with Crippen LogP contribution in [-0.2, 0) is 10.0 Å². The Morgan fingerprint density at radius 3 is 2.67 bits per heavy atom. The highest BCUT2D eigenvalue weighted by Crippen LogP contribution is 2.30. The standard InChI is InChI=1S/C15H21NO4S/c1-10-5-3-8-14(11(10)2)16-21(19,20)13-7-4-6-12(9-13)15(17)18/h4,6-7,9-11,14,16H,3,5,8H2,1-2H3,(H,17,18)/t10-,11-,14+/m1/s1. The fourth-order valence-electron chi connectivity index (χ4n) is 2.81. The van der Waals surface area contributed by atoms with Crippen LogP contribution >= 0.6 is 0 Å². The minimum absolute atomic E-state index is 0.00725. The SMILES string of the molecule is C[C@@H]1[C@H](C)CCC[C@@H]1NS(=O)(=O)c1cccc(C(=O)O)c1. The molecule has 1 aromatic rings. The molecular weight excluding hydrogens is 290 g/mol. The van der Waals surface area contributed by atoms with Gasteiger partial charge in [0, 0.05) is 6.04 Å². The number of hydrogen-bond acceptors (Lipinski definition) is 3.